The summed E-state index contributed by atoms with van der Waals surface area (Å²) in [5.74, 6) is -0.714. The van der Waals surface area contributed by atoms with E-state index in [1.54, 1.807) is 0 Å². The van der Waals surface area contributed by atoms with Crippen LogP contribution < -0.4 is 4.74 Å². The topological polar surface area (TPSA) is 64.3 Å². The first-order valence-corrected chi connectivity index (χ1v) is 11.7. The number of hydrogen-bond acceptors (Lipinski definition) is 3. The Kier molecular flexibility index (Phi) is 8.90. The van der Waals surface area contributed by atoms with Crippen molar-refractivity contribution < 1.29 is 14.6 Å². The van der Waals surface area contributed by atoms with E-state index in [1.807, 2.05) is 6.07 Å². The Hall–Kier alpha value is -3.08. The van der Waals surface area contributed by atoms with Gasteiger partial charge in [0.1, 0.15) is 0 Å². The van der Waals surface area contributed by atoms with Crippen molar-refractivity contribution in [1.29, 1.82) is 0 Å². The number of benzene rings is 2. The third-order valence-electron chi connectivity index (χ3n) is 5.51. The second-order valence-electron chi connectivity index (χ2n) is 8.24. The van der Waals surface area contributed by atoms with Gasteiger partial charge in [-0.2, -0.15) is 4.98 Å². The monoisotopic (exact) mass is 434 g/mol. The molecule has 0 saturated carbocycles. The number of rotatable bonds is 13. The lowest BCUT2D eigenvalue weighted by atomic mass is 10.1. The summed E-state index contributed by atoms with van der Waals surface area (Å²) in [6.07, 6.45) is 6.84. The van der Waals surface area contributed by atoms with Crippen molar-refractivity contribution in [1.82, 2.24) is 9.55 Å². The number of unbranched alkanes of at least 4 members (excludes halogenated alkanes) is 4. The van der Waals surface area contributed by atoms with Crippen LogP contribution in [0.15, 0.2) is 54.6 Å². The zero-order valence-electron chi connectivity index (χ0n) is 19.2. The van der Waals surface area contributed by atoms with Crippen molar-refractivity contribution >= 4 is 5.97 Å². The summed E-state index contributed by atoms with van der Waals surface area (Å²) in [4.78, 5) is 15.5. The highest BCUT2D eigenvalue weighted by molar-refractivity contribution is 5.67. The Labute approximate surface area is 191 Å². The first-order valence-electron chi connectivity index (χ1n) is 11.7. The van der Waals surface area contributed by atoms with Crippen molar-refractivity contribution in [3.63, 3.8) is 0 Å². The molecule has 5 heteroatoms. The maximum atomic E-state index is 10.6. The number of hydrogen-bond donors (Lipinski definition) is 1. The van der Waals surface area contributed by atoms with Crippen molar-refractivity contribution in [2.24, 2.45) is 0 Å². The fourth-order valence-corrected chi connectivity index (χ4v) is 3.85. The highest BCUT2D eigenvalue weighted by Gasteiger charge is 2.20. The minimum atomic E-state index is -0.714. The van der Waals surface area contributed by atoms with Crippen LogP contribution in [-0.4, -0.2) is 27.2 Å². The molecule has 0 spiro atoms. The van der Waals surface area contributed by atoms with Gasteiger partial charge in [-0.25, -0.2) is 0 Å². The first kappa shape index (κ1) is 23.6. The second-order valence-corrected chi connectivity index (χ2v) is 8.24. The van der Waals surface area contributed by atoms with Crippen LogP contribution >= 0.6 is 0 Å². The van der Waals surface area contributed by atoms with Gasteiger partial charge in [-0.1, -0.05) is 80.6 Å². The number of aryl methyl sites for hydroxylation is 2. The Balaban J connectivity index is 1.79. The summed E-state index contributed by atoms with van der Waals surface area (Å²) in [6, 6.07) is 19.5. The molecule has 0 unspecified atom stereocenters. The fraction of sp³-hybridized carbons (Fsp3) is 0.407. The average molecular weight is 435 g/mol. The van der Waals surface area contributed by atoms with Crippen LogP contribution in [0.4, 0.5) is 0 Å². The highest BCUT2D eigenvalue weighted by atomic mass is 16.5. The van der Waals surface area contributed by atoms with Crippen molar-refractivity contribution in [2.45, 2.75) is 65.2 Å². The molecular weight excluding hydrogens is 400 g/mol. The number of ether oxygens (including phenoxy) is 1. The van der Waals surface area contributed by atoms with Crippen LogP contribution in [0.5, 0.6) is 6.01 Å². The van der Waals surface area contributed by atoms with Crippen LogP contribution in [-0.2, 0) is 11.2 Å². The molecule has 0 fully saturated rings. The Bertz CT molecular complexity index is 978. The lowest BCUT2D eigenvalue weighted by molar-refractivity contribution is -0.137. The van der Waals surface area contributed by atoms with E-state index in [0.717, 1.165) is 67.6 Å². The van der Waals surface area contributed by atoms with Gasteiger partial charge < -0.3 is 9.84 Å². The smallest absolute Gasteiger partial charge is 0.303 e. The molecule has 0 saturated heterocycles. The predicted molar refractivity (Wildman–Crippen MR) is 129 cm³/mol. The van der Waals surface area contributed by atoms with Gasteiger partial charge in [0.2, 0.25) is 0 Å². The van der Waals surface area contributed by atoms with Crippen LogP contribution in [0.1, 0.15) is 63.1 Å². The van der Waals surface area contributed by atoms with Crippen LogP contribution in [0.2, 0.25) is 0 Å². The van der Waals surface area contributed by atoms with Gasteiger partial charge in [-0.3, -0.25) is 9.36 Å². The third kappa shape index (κ3) is 6.46. The van der Waals surface area contributed by atoms with E-state index < -0.39 is 5.97 Å². The molecule has 170 valence electrons. The molecule has 0 aliphatic carbocycles. The highest BCUT2D eigenvalue weighted by Crippen LogP contribution is 2.33. The van der Waals surface area contributed by atoms with E-state index >= 15 is 0 Å². The molecule has 1 aromatic heterocycles. The minimum Gasteiger partial charge on any atom is -0.481 e. The molecule has 0 bridgehead atoms. The van der Waals surface area contributed by atoms with E-state index in [1.165, 1.54) is 5.56 Å². The minimum absolute atomic E-state index is 0.257. The zero-order chi connectivity index (χ0) is 22.8. The number of imidazole rings is 1. The normalized spacial score (nSPS) is 10.9. The van der Waals surface area contributed by atoms with Gasteiger partial charge in [0.25, 0.3) is 0 Å². The molecule has 0 amide bonds. The van der Waals surface area contributed by atoms with Crippen molar-refractivity contribution in [2.75, 3.05) is 6.61 Å². The molecule has 0 aliphatic heterocycles. The number of carboxylic acid groups (broad SMARTS) is 1. The van der Waals surface area contributed by atoms with Gasteiger partial charge in [-0.05, 0) is 38.3 Å². The van der Waals surface area contributed by atoms with E-state index in [2.05, 4.69) is 66.9 Å². The number of nitrogens with zero attached hydrogens (tertiary/aromatic N) is 2. The molecule has 2 aromatic carbocycles. The summed E-state index contributed by atoms with van der Waals surface area (Å²) in [5.41, 5.74) is 5.56. The molecule has 5 nitrogen and oxygen atoms in total. The predicted octanol–water partition coefficient (Wildman–Crippen LogP) is 6.60. The summed E-state index contributed by atoms with van der Waals surface area (Å²) < 4.78 is 8.36. The number of aromatic nitrogens is 2. The second kappa shape index (κ2) is 12.1. The fourth-order valence-electron chi connectivity index (χ4n) is 3.85. The average Bonchev–Trinajstić information content (AvgIpc) is 3.14. The Morgan fingerprint density at radius 3 is 2.34 bits per heavy atom. The SMILES string of the molecule is CCCc1nc(OCCCCCCCC(=O)O)n(-c2ccc(C)cc2)c1-c1ccccc1. The number of aliphatic carboxylic acids is 1. The van der Waals surface area contributed by atoms with Crippen LogP contribution in [0.25, 0.3) is 16.9 Å². The van der Waals surface area contributed by atoms with Gasteiger partial charge in [0.15, 0.2) is 0 Å². The van der Waals surface area contributed by atoms with Gasteiger partial charge in [-0.15, -0.1) is 0 Å². The van der Waals surface area contributed by atoms with E-state index in [-0.39, 0.29) is 6.42 Å². The lowest BCUT2D eigenvalue weighted by Gasteiger charge is -2.14. The lowest BCUT2D eigenvalue weighted by Crippen LogP contribution is -2.05. The van der Waals surface area contributed by atoms with E-state index in [9.17, 15) is 4.79 Å². The van der Waals surface area contributed by atoms with Crippen molar-refractivity contribution in [3.8, 4) is 23.0 Å². The summed E-state index contributed by atoms with van der Waals surface area (Å²) >= 11 is 0. The molecule has 3 rings (SSSR count). The molecule has 0 aliphatic rings. The first-order chi connectivity index (χ1) is 15.6. The van der Waals surface area contributed by atoms with E-state index in [4.69, 9.17) is 14.8 Å². The molecule has 32 heavy (non-hydrogen) atoms. The maximum absolute atomic E-state index is 10.6. The summed E-state index contributed by atoms with van der Waals surface area (Å²) in [6.45, 7) is 4.86. The van der Waals surface area contributed by atoms with E-state index in [0.29, 0.717) is 12.6 Å². The van der Waals surface area contributed by atoms with Gasteiger partial charge in [0.05, 0.1) is 23.7 Å². The summed E-state index contributed by atoms with van der Waals surface area (Å²) in [5, 5.41) is 8.73. The standard InChI is InChI=1S/C27H34N2O3/c1-3-12-24-26(22-13-8-7-9-14-22)29(23-18-16-21(2)17-19-23)27(28-24)32-20-11-6-4-5-10-15-25(30)31/h7-9,13-14,16-19H,3-6,10-12,15,20H2,1-2H3,(H,30,31). The molecule has 0 radical (unpaired) electrons. The third-order valence-corrected chi connectivity index (χ3v) is 5.51. The molecule has 0 atom stereocenters. The summed E-state index contributed by atoms with van der Waals surface area (Å²) in [7, 11) is 0. The van der Waals surface area contributed by atoms with Crippen LogP contribution in [0.3, 0.4) is 0 Å². The molecular formula is C27H34N2O3. The van der Waals surface area contributed by atoms with Crippen LogP contribution in [0, 0.1) is 6.92 Å². The largest absolute Gasteiger partial charge is 0.481 e. The van der Waals surface area contributed by atoms with Gasteiger partial charge in [0, 0.05) is 12.0 Å². The quantitative estimate of drug-likeness (QED) is 0.308. The number of carbonyl (C=O) groups is 1. The Morgan fingerprint density at radius 1 is 0.969 bits per heavy atom. The number of carboxylic acids is 1. The molecule has 3 aromatic rings. The molecule has 1 N–H and O–H groups in total. The van der Waals surface area contributed by atoms with Crippen molar-refractivity contribution in [3.05, 3.63) is 65.9 Å². The zero-order valence-corrected chi connectivity index (χ0v) is 19.2. The molecule has 1 heterocycles. The maximum Gasteiger partial charge on any atom is 0.303 e. The van der Waals surface area contributed by atoms with Gasteiger partial charge >= 0.3 is 12.0 Å². The Morgan fingerprint density at radius 2 is 1.66 bits per heavy atom.